The number of ether oxygens (including phenoxy) is 1. The summed E-state index contributed by atoms with van der Waals surface area (Å²) < 4.78 is 6.70. The van der Waals surface area contributed by atoms with Crippen LogP contribution in [-0.4, -0.2) is 40.0 Å². The first-order valence-electron chi connectivity index (χ1n) is 6.33. The Morgan fingerprint density at radius 2 is 2.26 bits per heavy atom. The molecule has 19 heavy (non-hydrogen) atoms. The van der Waals surface area contributed by atoms with Crippen molar-refractivity contribution in [2.75, 3.05) is 13.7 Å². The molecule has 0 bridgehead atoms. The molecule has 0 aliphatic rings. The summed E-state index contributed by atoms with van der Waals surface area (Å²) >= 11 is 0. The van der Waals surface area contributed by atoms with Crippen molar-refractivity contribution < 1.29 is 9.53 Å². The standard InChI is InChI=1S/C14H19N3O2/c1-11(2)17(10-14(18)19-3)9-12-8-16-7-5-4-6-13(16)15-12/h4-8,11H,9-10H2,1-3H3. The third-order valence-electron chi connectivity index (χ3n) is 3.07. The molecule has 0 aliphatic carbocycles. The summed E-state index contributed by atoms with van der Waals surface area (Å²) in [5.74, 6) is -0.225. The summed E-state index contributed by atoms with van der Waals surface area (Å²) in [7, 11) is 1.41. The molecule has 2 aromatic heterocycles. The molecule has 2 rings (SSSR count). The minimum Gasteiger partial charge on any atom is -0.468 e. The Hall–Kier alpha value is -1.88. The van der Waals surface area contributed by atoms with Gasteiger partial charge in [0, 0.05) is 25.0 Å². The molecule has 0 fully saturated rings. The van der Waals surface area contributed by atoms with Gasteiger partial charge in [0.15, 0.2) is 0 Å². The summed E-state index contributed by atoms with van der Waals surface area (Å²) in [6.07, 6.45) is 3.95. The van der Waals surface area contributed by atoms with Gasteiger partial charge >= 0.3 is 5.97 Å². The largest absolute Gasteiger partial charge is 0.468 e. The van der Waals surface area contributed by atoms with Crippen LogP contribution in [0.1, 0.15) is 19.5 Å². The molecule has 0 unspecified atom stereocenters. The zero-order valence-corrected chi connectivity index (χ0v) is 11.5. The summed E-state index contributed by atoms with van der Waals surface area (Å²) in [6, 6.07) is 6.14. The average molecular weight is 261 g/mol. The first-order chi connectivity index (χ1) is 9.10. The fourth-order valence-corrected chi connectivity index (χ4v) is 1.92. The Bertz CT molecular complexity index is 530. The van der Waals surface area contributed by atoms with Gasteiger partial charge in [-0.05, 0) is 26.0 Å². The molecule has 0 radical (unpaired) electrons. The molecule has 5 heteroatoms. The van der Waals surface area contributed by atoms with Gasteiger partial charge in [-0.25, -0.2) is 4.98 Å². The van der Waals surface area contributed by atoms with Gasteiger partial charge in [0.25, 0.3) is 0 Å². The second-order valence-corrected chi connectivity index (χ2v) is 4.77. The van der Waals surface area contributed by atoms with Gasteiger partial charge in [0.2, 0.25) is 0 Å². The molecule has 0 amide bonds. The number of rotatable bonds is 5. The van der Waals surface area contributed by atoms with E-state index < -0.39 is 0 Å². The number of carbonyl (C=O) groups excluding carboxylic acids is 1. The second kappa shape index (κ2) is 5.84. The van der Waals surface area contributed by atoms with Crippen molar-refractivity contribution in [3.8, 4) is 0 Å². The Kier molecular flexibility index (Phi) is 4.16. The molecular formula is C14H19N3O2. The lowest BCUT2D eigenvalue weighted by atomic mass is 10.3. The Morgan fingerprint density at radius 1 is 1.47 bits per heavy atom. The SMILES string of the molecule is COC(=O)CN(Cc1cn2ccccc2n1)C(C)C. The molecule has 5 nitrogen and oxygen atoms in total. The molecule has 0 atom stereocenters. The average Bonchev–Trinajstić information content (AvgIpc) is 2.79. The maximum Gasteiger partial charge on any atom is 0.319 e. The molecule has 0 N–H and O–H groups in total. The smallest absolute Gasteiger partial charge is 0.319 e. The highest BCUT2D eigenvalue weighted by atomic mass is 16.5. The maximum atomic E-state index is 11.4. The molecule has 0 aromatic carbocycles. The molecular weight excluding hydrogens is 242 g/mol. The van der Waals surface area contributed by atoms with Gasteiger partial charge in [-0.2, -0.15) is 0 Å². The highest BCUT2D eigenvalue weighted by molar-refractivity contribution is 5.71. The highest BCUT2D eigenvalue weighted by Crippen LogP contribution is 2.09. The van der Waals surface area contributed by atoms with Crippen LogP contribution < -0.4 is 0 Å². The van der Waals surface area contributed by atoms with E-state index in [0.29, 0.717) is 6.54 Å². The molecule has 0 aliphatic heterocycles. The first kappa shape index (κ1) is 13.5. The lowest BCUT2D eigenvalue weighted by molar-refractivity contribution is -0.142. The van der Waals surface area contributed by atoms with E-state index in [0.717, 1.165) is 11.3 Å². The van der Waals surface area contributed by atoms with Crippen LogP contribution in [0.15, 0.2) is 30.6 Å². The van der Waals surface area contributed by atoms with Crippen LogP contribution >= 0.6 is 0 Å². The third kappa shape index (κ3) is 3.32. The zero-order valence-electron chi connectivity index (χ0n) is 11.5. The lowest BCUT2D eigenvalue weighted by Crippen LogP contribution is -2.35. The summed E-state index contributed by atoms with van der Waals surface area (Å²) in [5, 5.41) is 0. The molecule has 0 saturated heterocycles. The zero-order chi connectivity index (χ0) is 13.8. The van der Waals surface area contributed by atoms with Crippen LogP contribution in [0.4, 0.5) is 0 Å². The first-order valence-corrected chi connectivity index (χ1v) is 6.33. The summed E-state index contributed by atoms with van der Waals surface area (Å²) in [5.41, 5.74) is 1.86. The predicted octanol–water partition coefficient (Wildman–Crippen LogP) is 1.72. The van der Waals surface area contributed by atoms with Crippen LogP contribution in [0.25, 0.3) is 5.65 Å². The topological polar surface area (TPSA) is 46.8 Å². The van der Waals surface area contributed by atoms with E-state index in [2.05, 4.69) is 18.8 Å². The molecule has 2 heterocycles. The minimum atomic E-state index is -0.225. The fraction of sp³-hybridized carbons (Fsp3) is 0.429. The van der Waals surface area contributed by atoms with Gasteiger partial charge in [-0.15, -0.1) is 0 Å². The number of nitrogens with zero attached hydrogens (tertiary/aromatic N) is 3. The van der Waals surface area contributed by atoms with Gasteiger partial charge in [-0.3, -0.25) is 9.69 Å². The Morgan fingerprint density at radius 3 is 2.89 bits per heavy atom. The summed E-state index contributed by atoms with van der Waals surface area (Å²) in [6.45, 7) is 5.02. The van der Waals surface area contributed by atoms with Crippen LogP contribution in [-0.2, 0) is 16.1 Å². The highest BCUT2D eigenvalue weighted by Gasteiger charge is 2.16. The van der Waals surface area contributed by atoms with E-state index in [-0.39, 0.29) is 18.6 Å². The van der Waals surface area contributed by atoms with Crippen molar-refractivity contribution >= 4 is 11.6 Å². The monoisotopic (exact) mass is 261 g/mol. The molecule has 102 valence electrons. The number of aromatic nitrogens is 2. The quantitative estimate of drug-likeness (QED) is 0.769. The number of hydrogen-bond donors (Lipinski definition) is 0. The normalized spacial score (nSPS) is 11.4. The van der Waals surface area contributed by atoms with E-state index in [1.807, 2.05) is 39.9 Å². The van der Waals surface area contributed by atoms with Crippen LogP contribution in [0.2, 0.25) is 0 Å². The van der Waals surface area contributed by atoms with E-state index in [1.54, 1.807) is 0 Å². The third-order valence-corrected chi connectivity index (χ3v) is 3.07. The van der Waals surface area contributed by atoms with Crippen molar-refractivity contribution in [1.82, 2.24) is 14.3 Å². The molecule has 0 spiro atoms. The number of carbonyl (C=O) groups is 1. The number of hydrogen-bond acceptors (Lipinski definition) is 4. The number of fused-ring (bicyclic) bond motifs is 1. The van der Waals surface area contributed by atoms with Gasteiger partial charge in [-0.1, -0.05) is 6.07 Å². The number of pyridine rings is 1. The number of imidazole rings is 1. The van der Waals surface area contributed by atoms with Crippen molar-refractivity contribution in [1.29, 1.82) is 0 Å². The van der Waals surface area contributed by atoms with Crippen LogP contribution in [0.5, 0.6) is 0 Å². The van der Waals surface area contributed by atoms with Crippen molar-refractivity contribution in [3.05, 3.63) is 36.3 Å². The van der Waals surface area contributed by atoms with Gasteiger partial charge in [0.1, 0.15) is 5.65 Å². The maximum absolute atomic E-state index is 11.4. The van der Waals surface area contributed by atoms with Crippen LogP contribution in [0.3, 0.4) is 0 Å². The number of esters is 1. The Balaban J connectivity index is 2.14. The van der Waals surface area contributed by atoms with Gasteiger partial charge < -0.3 is 9.14 Å². The van der Waals surface area contributed by atoms with E-state index in [9.17, 15) is 4.79 Å². The second-order valence-electron chi connectivity index (χ2n) is 4.77. The Labute approximate surface area is 112 Å². The van der Waals surface area contributed by atoms with Crippen molar-refractivity contribution in [2.24, 2.45) is 0 Å². The minimum absolute atomic E-state index is 0.225. The van der Waals surface area contributed by atoms with Gasteiger partial charge in [0.05, 0.1) is 19.3 Å². The summed E-state index contributed by atoms with van der Waals surface area (Å²) in [4.78, 5) is 18.0. The molecule has 0 saturated carbocycles. The van der Waals surface area contributed by atoms with E-state index in [4.69, 9.17) is 4.74 Å². The van der Waals surface area contributed by atoms with Crippen LogP contribution in [0, 0.1) is 0 Å². The lowest BCUT2D eigenvalue weighted by Gasteiger charge is -2.23. The van der Waals surface area contributed by atoms with E-state index >= 15 is 0 Å². The van der Waals surface area contributed by atoms with E-state index in [1.165, 1.54) is 7.11 Å². The predicted molar refractivity (Wildman–Crippen MR) is 72.8 cm³/mol. The molecule has 2 aromatic rings. The number of methoxy groups -OCH3 is 1. The van der Waals surface area contributed by atoms with Crippen molar-refractivity contribution in [2.45, 2.75) is 26.4 Å². The van der Waals surface area contributed by atoms with Crippen molar-refractivity contribution in [3.63, 3.8) is 0 Å². The fourth-order valence-electron chi connectivity index (χ4n) is 1.92.